The van der Waals surface area contributed by atoms with Crippen LogP contribution in [0.2, 0.25) is 0 Å². The Balaban J connectivity index is 1.81. The van der Waals surface area contributed by atoms with E-state index in [0.717, 1.165) is 5.56 Å². The van der Waals surface area contributed by atoms with E-state index in [2.05, 4.69) is 10.3 Å². The summed E-state index contributed by atoms with van der Waals surface area (Å²) >= 11 is 2.67. The number of methoxy groups -OCH3 is 1. The Hall–Kier alpha value is -2.32. The van der Waals surface area contributed by atoms with E-state index in [1.165, 1.54) is 27.7 Å². The van der Waals surface area contributed by atoms with Gasteiger partial charge in [0.2, 0.25) is 5.91 Å². The normalized spacial score (nSPS) is 12.2. The highest BCUT2D eigenvalue weighted by Crippen LogP contribution is 2.28. The molecule has 8 heteroatoms. The predicted molar refractivity (Wildman–Crippen MR) is 107 cm³/mol. The van der Waals surface area contributed by atoms with Crippen molar-refractivity contribution in [2.24, 2.45) is 7.05 Å². The van der Waals surface area contributed by atoms with E-state index in [-0.39, 0.29) is 11.5 Å². The van der Waals surface area contributed by atoms with Gasteiger partial charge in [0.25, 0.3) is 5.56 Å². The third-order valence-corrected chi connectivity index (χ3v) is 5.88. The second-order valence-electron chi connectivity index (χ2n) is 5.85. The monoisotopic (exact) mass is 389 g/mol. The summed E-state index contributed by atoms with van der Waals surface area (Å²) in [5.74, 6) is 0.422. The van der Waals surface area contributed by atoms with E-state index in [9.17, 15) is 9.59 Å². The molecule has 0 saturated carbocycles. The van der Waals surface area contributed by atoms with Gasteiger partial charge in [0.15, 0.2) is 5.16 Å². The van der Waals surface area contributed by atoms with Crippen LogP contribution < -0.4 is 15.6 Å². The van der Waals surface area contributed by atoms with E-state index >= 15 is 0 Å². The minimum Gasteiger partial charge on any atom is -0.495 e. The third kappa shape index (κ3) is 3.61. The summed E-state index contributed by atoms with van der Waals surface area (Å²) in [7, 11) is 3.23. The number of nitrogens with zero attached hydrogens (tertiary/aromatic N) is 2. The largest absolute Gasteiger partial charge is 0.495 e. The number of carbonyl (C=O) groups is 1. The van der Waals surface area contributed by atoms with Gasteiger partial charge in [-0.3, -0.25) is 14.2 Å². The lowest BCUT2D eigenvalue weighted by atomic mass is 10.2. The summed E-state index contributed by atoms with van der Waals surface area (Å²) < 4.78 is 6.78. The van der Waals surface area contributed by atoms with Gasteiger partial charge >= 0.3 is 0 Å². The number of benzene rings is 1. The topological polar surface area (TPSA) is 73.2 Å². The third-order valence-electron chi connectivity index (χ3n) is 3.93. The van der Waals surface area contributed by atoms with Crippen LogP contribution in [0.1, 0.15) is 12.5 Å². The number of carbonyl (C=O) groups excluding carboxylic acids is 1. The summed E-state index contributed by atoms with van der Waals surface area (Å²) in [6.07, 6.45) is 0. The van der Waals surface area contributed by atoms with Crippen LogP contribution in [0.5, 0.6) is 5.75 Å². The Morgan fingerprint density at radius 1 is 1.38 bits per heavy atom. The molecule has 0 bridgehead atoms. The molecule has 0 fully saturated rings. The van der Waals surface area contributed by atoms with Crippen molar-refractivity contribution in [1.29, 1.82) is 0 Å². The first kappa shape index (κ1) is 18.5. The predicted octanol–water partition coefficient (Wildman–Crippen LogP) is 3.43. The Morgan fingerprint density at radius 3 is 2.88 bits per heavy atom. The Kier molecular flexibility index (Phi) is 5.33. The molecule has 1 N–H and O–H groups in total. The zero-order valence-electron chi connectivity index (χ0n) is 14.9. The van der Waals surface area contributed by atoms with Crippen molar-refractivity contribution in [1.82, 2.24) is 9.55 Å². The number of fused-ring (bicyclic) bond motifs is 1. The minimum absolute atomic E-state index is 0.105. The van der Waals surface area contributed by atoms with Crippen LogP contribution in [0.15, 0.2) is 39.6 Å². The van der Waals surface area contributed by atoms with Crippen LogP contribution in [-0.2, 0) is 11.8 Å². The number of rotatable bonds is 5. The van der Waals surface area contributed by atoms with Gasteiger partial charge in [-0.05, 0) is 43.0 Å². The Labute approximate surface area is 159 Å². The molecule has 0 spiro atoms. The molecule has 3 aromatic rings. The smallest absolute Gasteiger partial charge is 0.262 e. The number of aryl methyl sites for hydroxylation is 1. The molecule has 136 valence electrons. The van der Waals surface area contributed by atoms with Crippen molar-refractivity contribution in [2.75, 3.05) is 12.4 Å². The molecular formula is C18H19N3O3S2. The molecule has 1 amide bonds. The number of amides is 1. The van der Waals surface area contributed by atoms with E-state index in [1.807, 2.05) is 30.5 Å². The zero-order chi connectivity index (χ0) is 18.8. The molecule has 0 aliphatic heterocycles. The maximum Gasteiger partial charge on any atom is 0.262 e. The average molecular weight is 390 g/mol. The number of aromatic nitrogens is 2. The highest BCUT2D eigenvalue weighted by atomic mass is 32.2. The zero-order valence-corrected chi connectivity index (χ0v) is 16.5. The summed E-state index contributed by atoms with van der Waals surface area (Å²) in [4.78, 5) is 30.2. The molecule has 0 aliphatic rings. The summed E-state index contributed by atoms with van der Waals surface area (Å²) in [6.45, 7) is 3.73. The van der Waals surface area contributed by atoms with Crippen LogP contribution in [0.3, 0.4) is 0 Å². The molecule has 1 atom stereocenters. The molecule has 1 aromatic carbocycles. The van der Waals surface area contributed by atoms with Gasteiger partial charge in [-0.15, -0.1) is 11.3 Å². The van der Waals surface area contributed by atoms with E-state index in [1.54, 1.807) is 27.1 Å². The van der Waals surface area contributed by atoms with Gasteiger partial charge in [-0.2, -0.15) is 0 Å². The fraction of sp³-hybridized carbons (Fsp3) is 0.278. The van der Waals surface area contributed by atoms with Crippen LogP contribution in [0.25, 0.3) is 10.2 Å². The van der Waals surface area contributed by atoms with E-state index < -0.39 is 5.25 Å². The SMILES string of the molecule is COc1ccc(C)cc1NC(=O)C(C)Sc1nc2sccc2c(=O)n1C. The summed E-state index contributed by atoms with van der Waals surface area (Å²) in [5.41, 5.74) is 1.54. The standard InChI is InChI=1S/C18H19N3O3S2/c1-10-5-6-14(24-4)13(9-10)19-15(22)11(2)26-18-20-16-12(7-8-25-16)17(23)21(18)3/h5-9,11H,1-4H3,(H,19,22). The molecule has 3 rings (SSSR count). The highest BCUT2D eigenvalue weighted by molar-refractivity contribution is 8.00. The maximum absolute atomic E-state index is 12.6. The second kappa shape index (κ2) is 7.51. The highest BCUT2D eigenvalue weighted by Gasteiger charge is 2.20. The molecule has 1 unspecified atom stereocenters. The first-order chi connectivity index (χ1) is 12.4. The van der Waals surface area contributed by atoms with Gasteiger partial charge in [-0.1, -0.05) is 17.8 Å². The van der Waals surface area contributed by atoms with Crippen molar-refractivity contribution in [2.45, 2.75) is 24.3 Å². The molecular weight excluding hydrogens is 370 g/mol. The first-order valence-electron chi connectivity index (χ1n) is 7.97. The molecule has 2 aromatic heterocycles. The van der Waals surface area contributed by atoms with Crippen molar-refractivity contribution in [3.05, 3.63) is 45.6 Å². The molecule has 0 aliphatic carbocycles. The lowest BCUT2D eigenvalue weighted by Crippen LogP contribution is -2.25. The lowest BCUT2D eigenvalue weighted by Gasteiger charge is -2.15. The lowest BCUT2D eigenvalue weighted by molar-refractivity contribution is -0.115. The Bertz CT molecular complexity index is 1030. The fourth-order valence-electron chi connectivity index (χ4n) is 2.45. The van der Waals surface area contributed by atoms with Crippen molar-refractivity contribution in [3.8, 4) is 5.75 Å². The number of thioether (sulfide) groups is 1. The van der Waals surface area contributed by atoms with Crippen LogP contribution in [0.4, 0.5) is 5.69 Å². The summed E-state index contributed by atoms with van der Waals surface area (Å²) in [5, 5.41) is 5.42. The second-order valence-corrected chi connectivity index (χ2v) is 8.05. The van der Waals surface area contributed by atoms with Gasteiger partial charge < -0.3 is 10.1 Å². The summed E-state index contributed by atoms with van der Waals surface area (Å²) in [6, 6.07) is 7.37. The van der Waals surface area contributed by atoms with Crippen LogP contribution in [-0.4, -0.2) is 27.8 Å². The molecule has 0 saturated heterocycles. The Morgan fingerprint density at radius 2 is 2.15 bits per heavy atom. The number of hydrogen-bond acceptors (Lipinski definition) is 6. The first-order valence-corrected chi connectivity index (χ1v) is 9.73. The molecule has 0 radical (unpaired) electrons. The number of nitrogens with one attached hydrogen (secondary N) is 1. The molecule has 26 heavy (non-hydrogen) atoms. The van der Waals surface area contributed by atoms with Gasteiger partial charge in [0.05, 0.1) is 23.4 Å². The minimum atomic E-state index is -0.435. The van der Waals surface area contributed by atoms with E-state index in [0.29, 0.717) is 26.8 Å². The number of thiophene rings is 1. The van der Waals surface area contributed by atoms with Crippen molar-refractivity contribution >= 4 is 44.9 Å². The van der Waals surface area contributed by atoms with Crippen molar-refractivity contribution in [3.63, 3.8) is 0 Å². The fourth-order valence-corrected chi connectivity index (χ4v) is 4.13. The number of anilines is 1. The quantitative estimate of drug-likeness (QED) is 0.535. The maximum atomic E-state index is 12.6. The molecule has 2 heterocycles. The van der Waals surface area contributed by atoms with Crippen LogP contribution in [0, 0.1) is 6.92 Å². The van der Waals surface area contributed by atoms with E-state index in [4.69, 9.17) is 4.74 Å². The number of ether oxygens (including phenoxy) is 1. The molecule has 6 nitrogen and oxygen atoms in total. The number of hydrogen-bond donors (Lipinski definition) is 1. The van der Waals surface area contributed by atoms with Gasteiger partial charge in [0.1, 0.15) is 10.6 Å². The van der Waals surface area contributed by atoms with Gasteiger partial charge in [-0.25, -0.2) is 4.98 Å². The van der Waals surface area contributed by atoms with Gasteiger partial charge in [0, 0.05) is 7.05 Å². The van der Waals surface area contributed by atoms with Crippen molar-refractivity contribution < 1.29 is 9.53 Å². The average Bonchev–Trinajstić information content (AvgIpc) is 3.08. The van der Waals surface area contributed by atoms with Crippen LogP contribution >= 0.6 is 23.1 Å².